The molecular formula is C15H22N2O4. The average molecular weight is 294 g/mol. The molecule has 0 unspecified atom stereocenters. The number of hydrogen-bond acceptors (Lipinski definition) is 4. The van der Waals surface area contributed by atoms with Gasteiger partial charge in [0.15, 0.2) is 6.04 Å². The molecule has 0 fully saturated rings. The van der Waals surface area contributed by atoms with Gasteiger partial charge in [-0.15, -0.1) is 0 Å². The van der Waals surface area contributed by atoms with Crippen LogP contribution in [-0.4, -0.2) is 49.8 Å². The first kappa shape index (κ1) is 17.1. The zero-order chi connectivity index (χ0) is 15.7. The number of ether oxygens (including phenoxy) is 1. The minimum absolute atomic E-state index is 0.0593. The second-order valence-corrected chi connectivity index (χ2v) is 4.72. The van der Waals surface area contributed by atoms with Gasteiger partial charge in [-0.2, -0.15) is 0 Å². The van der Waals surface area contributed by atoms with Crippen LogP contribution in [0, 0.1) is 0 Å². The number of hydrogen-bond donors (Lipinski definition) is 3. The smallest absolute Gasteiger partial charge is 0.328 e. The molecule has 0 aromatic heterocycles. The maximum atomic E-state index is 12.1. The third kappa shape index (κ3) is 5.93. The fourth-order valence-corrected chi connectivity index (χ4v) is 1.98. The molecule has 0 bridgehead atoms. The van der Waals surface area contributed by atoms with Crippen molar-refractivity contribution < 1.29 is 19.4 Å². The molecule has 116 valence electrons. The highest BCUT2D eigenvalue weighted by atomic mass is 16.5. The Morgan fingerprint density at radius 1 is 1.24 bits per heavy atom. The molecule has 1 aromatic rings. The monoisotopic (exact) mass is 294 g/mol. The molecule has 2 atom stereocenters. The van der Waals surface area contributed by atoms with Crippen molar-refractivity contribution in [2.24, 2.45) is 0 Å². The lowest BCUT2D eigenvalue weighted by Crippen LogP contribution is -2.51. The fraction of sp³-hybridized carbons (Fsp3) is 0.467. The van der Waals surface area contributed by atoms with Gasteiger partial charge in [-0.1, -0.05) is 30.3 Å². The maximum absolute atomic E-state index is 12.1. The third-order valence-electron chi connectivity index (χ3n) is 3.18. The second-order valence-electron chi connectivity index (χ2n) is 4.72. The Morgan fingerprint density at radius 2 is 1.90 bits per heavy atom. The van der Waals surface area contributed by atoms with E-state index in [9.17, 15) is 9.59 Å². The van der Waals surface area contributed by atoms with E-state index in [0.29, 0.717) is 6.42 Å². The lowest BCUT2D eigenvalue weighted by Gasteiger charge is -2.19. The van der Waals surface area contributed by atoms with Gasteiger partial charge < -0.3 is 20.5 Å². The van der Waals surface area contributed by atoms with Gasteiger partial charge in [-0.05, 0) is 25.5 Å². The van der Waals surface area contributed by atoms with Crippen LogP contribution in [-0.2, 0) is 20.7 Å². The van der Waals surface area contributed by atoms with Crippen molar-refractivity contribution in [3.8, 4) is 0 Å². The quantitative estimate of drug-likeness (QED) is 0.614. The number of aryl methyl sites for hydroxylation is 1. The summed E-state index contributed by atoms with van der Waals surface area (Å²) < 4.78 is 4.79. The predicted molar refractivity (Wildman–Crippen MR) is 79.1 cm³/mol. The second kappa shape index (κ2) is 9.10. The van der Waals surface area contributed by atoms with E-state index < -0.39 is 18.1 Å². The number of methoxy groups -OCH3 is 1. The van der Waals surface area contributed by atoms with E-state index in [4.69, 9.17) is 9.84 Å². The van der Waals surface area contributed by atoms with E-state index in [0.717, 1.165) is 12.0 Å². The van der Waals surface area contributed by atoms with E-state index in [1.807, 2.05) is 30.3 Å². The van der Waals surface area contributed by atoms with Crippen molar-refractivity contribution in [3.63, 3.8) is 0 Å². The highest BCUT2D eigenvalue weighted by molar-refractivity contribution is 5.87. The minimum atomic E-state index is -1.11. The number of likely N-dealkylation sites (N-methyl/N-ethyl adjacent to an activating group) is 1. The van der Waals surface area contributed by atoms with E-state index in [1.165, 1.54) is 7.11 Å². The maximum Gasteiger partial charge on any atom is 0.328 e. The summed E-state index contributed by atoms with van der Waals surface area (Å²) in [6, 6.07) is 8.35. The molecule has 6 nitrogen and oxygen atoms in total. The van der Waals surface area contributed by atoms with E-state index in [-0.39, 0.29) is 12.5 Å². The molecule has 0 radical (unpaired) electrons. The SMILES string of the molecule is CN[C@@H](CCc1ccccc1)C(=O)N[C@@H](COC)C(=O)O. The summed E-state index contributed by atoms with van der Waals surface area (Å²) in [6.07, 6.45) is 1.33. The van der Waals surface area contributed by atoms with Gasteiger partial charge in [0.1, 0.15) is 0 Å². The number of amides is 1. The van der Waals surface area contributed by atoms with Gasteiger partial charge in [0, 0.05) is 7.11 Å². The van der Waals surface area contributed by atoms with Crippen LogP contribution in [0.4, 0.5) is 0 Å². The first-order valence-electron chi connectivity index (χ1n) is 6.81. The van der Waals surface area contributed by atoms with Crippen molar-refractivity contribution in [3.05, 3.63) is 35.9 Å². The van der Waals surface area contributed by atoms with E-state index >= 15 is 0 Å². The van der Waals surface area contributed by atoms with Gasteiger partial charge in [0.25, 0.3) is 0 Å². The summed E-state index contributed by atoms with van der Waals surface area (Å²) in [5.74, 6) is -1.44. The number of carboxylic acids is 1. The molecule has 6 heteroatoms. The van der Waals surface area contributed by atoms with E-state index in [1.54, 1.807) is 7.05 Å². The standard InChI is InChI=1S/C15H22N2O4/c1-16-12(9-8-11-6-4-3-5-7-11)14(18)17-13(10-21-2)15(19)20/h3-7,12-13,16H,8-10H2,1-2H3,(H,17,18)(H,19,20)/t12-,13-/m0/s1. The van der Waals surface area contributed by atoms with Crippen molar-refractivity contribution >= 4 is 11.9 Å². The lowest BCUT2D eigenvalue weighted by molar-refractivity contribution is -0.143. The Labute approximate surface area is 124 Å². The number of carbonyl (C=O) groups is 2. The molecule has 3 N–H and O–H groups in total. The molecule has 0 saturated heterocycles. The number of carbonyl (C=O) groups excluding carboxylic acids is 1. The number of nitrogens with one attached hydrogen (secondary N) is 2. The molecule has 1 rings (SSSR count). The summed E-state index contributed by atoms with van der Waals surface area (Å²) in [4.78, 5) is 23.1. The van der Waals surface area contributed by atoms with Gasteiger partial charge in [-0.25, -0.2) is 4.79 Å². The molecule has 0 saturated carbocycles. The van der Waals surface area contributed by atoms with Crippen molar-refractivity contribution in [1.29, 1.82) is 0 Å². The zero-order valence-corrected chi connectivity index (χ0v) is 12.3. The van der Waals surface area contributed by atoms with Crippen molar-refractivity contribution in [2.45, 2.75) is 24.9 Å². The van der Waals surface area contributed by atoms with Crippen LogP contribution in [0.15, 0.2) is 30.3 Å². The van der Waals surface area contributed by atoms with Gasteiger partial charge >= 0.3 is 5.97 Å². The number of rotatable bonds is 9. The summed E-state index contributed by atoms with van der Waals surface area (Å²) in [7, 11) is 3.08. The summed E-state index contributed by atoms with van der Waals surface area (Å²) in [5.41, 5.74) is 1.14. The van der Waals surface area contributed by atoms with Gasteiger partial charge in [0.05, 0.1) is 12.6 Å². The highest BCUT2D eigenvalue weighted by Crippen LogP contribution is 2.05. The van der Waals surface area contributed by atoms with Crippen LogP contribution in [0.2, 0.25) is 0 Å². The molecule has 0 aliphatic heterocycles. The predicted octanol–water partition coefficient (Wildman–Crippen LogP) is 0.423. The Hall–Kier alpha value is -1.92. The average Bonchev–Trinajstić information content (AvgIpc) is 2.48. The van der Waals surface area contributed by atoms with Crippen LogP contribution >= 0.6 is 0 Å². The molecule has 1 aromatic carbocycles. The van der Waals surface area contributed by atoms with Gasteiger partial charge in [-0.3, -0.25) is 4.79 Å². The normalized spacial score (nSPS) is 13.4. The van der Waals surface area contributed by atoms with Crippen molar-refractivity contribution in [1.82, 2.24) is 10.6 Å². The topological polar surface area (TPSA) is 87.7 Å². The lowest BCUT2D eigenvalue weighted by atomic mass is 10.0. The van der Waals surface area contributed by atoms with Crippen LogP contribution < -0.4 is 10.6 Å². The van der Waals surface area contributed by atoms with Crippen LogP contribution in [0.5, 0.6) is 0 Å². The Morgan fingerprint density at radius 3 is 2.43 bits per heavy atom. The molecule has 1 amide bonds. The van der Waals surface area contributed by atoms with Crippen LogP contribution in [0.3, 0.4) is 0 Å². The largest absolute Gasteiger partial charge is 0.480 e. The molecule has 0 aliphatic rings. The number of benzene rings is 1. The van der Waals surface area contributed by atoms with Crippen LogP contribution in [0.1, 0.15) is 12.0 Å². The van der Waals surface area contributed by atoms with Gasteiger partial charge in [0.2, 0.25) is 5.91 Å². The Kier molecular flexibility index (Phi) is 7.42. The highest BCUT2D eigenvalue weighted by Gasteiger charge is 2.24. The first-order chi connectivity index (χ1) is 10.1. The number of aliphatic carboxylic acids is 1. The molecule has 0 aliphatic carbocycles. The third-order valence-corrected chi connectivity index (χ3v) is 3.18. The fourth-order valence-electron chi connectivity index (χ4n) is 1.98. The summed E-state index contributed by atoms with van der Waals surface area (Å²) in [6.45, 7) is -0.0593. The summed E-state index contributed by atoms with van der Waals surface area (Å²) in [5, 5.41) is 14.4. The molecule has 21 heavy (non-hydrogen) atoms. The van der Waals surface area contributed by atoms with Crippen LogP contribution in [0.25, 0.3) is 0 Å². The van der Waals surface area contributed by atoms with E-state index in [2.05, 4.69) is 10.6 Å². The zero-order valence-electron chi connectivity index (χ0n) is 12.3. The first-order valence-corrected chi connectivity index (χ1v) is 6.81. The van der Waals surface area contributed by atoms with Crippen molar-refractivity contribution in [2.75, 3.05) is 20.8 Å². The minimum Gasteiger partial charge on any atom is -0.480 e. The molecular weight excluding hydrogens is 272 g/mol. The Balaban J connectivity index is 2.54. The molecule has 0 spiro atoms. The summed E-state index contributed by atoms with van der Waals surface area (Å²) >= 11 is 0. The number of carboxylic acid groups (broad SMARTS) is 1. The molecule has 0 heterocycles. The Bertz CT molecular complexity index is 450.